The molecule has 31 heavy (non-hydrogen) atoms. The first-order valence-electron chi connectivity index (χ1n) is 10.2. The highest BCUT2D eigenvalue weighted by Crippen LogP contribution is 2.35. The molecule has 0 unspecified atom stereocenters. The second-order valence-corrected chi connectivity index (χ2v) is 8.01. The third kappa shape index (κ3) is 3.15. The van der Waals surface area contributed by atoms with E-state index < -0.39 is 0 Å². The molecule has 2 aromatic carbocycles. The Morgan fingerprint density at radius 3 is 2.23 bits per heavy atom. The molecule has 0 spiro atoms. The fraction of sp³-hybridized carbons (Fsp3) is 0.111. The Kier molecular flexibility index (Phi) is 4.51. The van der Waals surface area contributed by atoms with Crippen LogP contribution in [0.5, 0.6) is 0 Å². The van der Waals surface area contributed by atoms with Gasteiger partial charge < -0.3 is 0 Å². The molecule has 0 N–H and O–H groups in total. The van der Waals surface area contributed by atoms with Gasteiger partial charge in [-0.25, -0.2) is 13.3 Å². The molecule has 0 aliphatic heterocycles. The zero-order valence-electron chi connectivity index (χ0n) is 17.7. The molecular formula is C27H22F2N2+2. The van der Waals surface area contributed by atoms with Gasteiger partial charge in [-0.2, -0.15) is 4.40 Å². The van der Waals surface area contributed by atoms with Gasteiger partial charge in [0.05, 0.1) is 16.5 Å². The maximum Gasteiger partial charge on any atom is 0.220 e. The largest absolute Gasteiger partial charge is 0.220 e. The zero-order chi connectivity index (χ0) is 21.7. The molecule has 0 saturated carbocycles. The van der Waals surface area contributed by atoms with Gasteiger partial charge in [0.1, 0.15) is 18.7 Å². The van der Waals surface area contributed by atoms with Gasteiger partial charge in [0, 0.05) is 30.3 Å². The van der Waals surface area contributed by atoms with Crippen molar-refractivity contribution in [3.8, 4) is 22.5 Å². The van der Waals surface area contributed by atoms with E-state index in [1.807, 2.05) is 80.3 Å². The van der Waals surface area contributed by atoms with Crippen LogP contribution < -0.4 is 8.97 Å². The first-order valence-corrected chi connectivity index (χ1v) is 10.2. The standard InChI is InChI=1S/C27H22F2N2/c1-17-12-20(28)14-19-15-25(31-11-7-5-9-24(31)26(17)19)22-16-21(29)13-18(2)27(22)23-8-4-6-10-30(23)3/h4-16H,1-3H3/q+2. The van der Waals surface area contributed by atoms with E-state index in [1.54, 1.807) is 24.3 Å². The van der Waals surface area contributed by atoms with Crippen LogP contribution in [0, 0.1) is 25.5 Å². The summed E-state index contributed by atoms with van der Waals surface area (Å²) in [6.07, 6.45) is 3.95. The normalized spacial score (nSPS) is 11.4. The average molecular weight is 412 g/mol. The van der Waals surface area contributed by atoms with Crippen molar-refractivity contribution in [2.24, 2.45) is 7.05 Å². The molecule has 5 aromatic rings. The van der Waals surface area contributed by atoms with Crippen LogP contribution in [-0.4, -0.2) is 0 Å². The molecule has 4 heteroatoms. The summed E-state index contributed by atoms with van der Waals surface area (Å²) in [7, 11) is 1.98. The lowest BCUT2D eigenvalue weighted by molar-refractivity contribution is -0.660. The van der Waals surface area contributed by atoms with E-state index in [0.717, 1.165) is 49.9 Å². The summed E-state index contributed by atoms with van der Waals surface area (Å²) in [5.41, 5.74) is 6.19. The summed E-state index contributed by atoms with van der Waals surface area (Å²) in [6.45, 7) is 3.84. The molecule has 3 aromatic heterocycles. The molecule has 152 valence electrons. The van der Waals surface area contributed by atoms with Gasteiger partial charge in [0.25, 0.3) is 0 Å². The van der Waals surface area contributed by atoms with Crippen molar-refractivity contribution in [1.29, 1.82) is 0 Å². The van der Waals surface area contributed by atoms with Crippen LogP contribution in [0.4, 0.5) is 8.78 Å². The summed E-state index contributed by atoms with van der Waals surface area (Å²) < 4.78 is 33.1. The van der Waals surface area contributed by atoms with Crippen LogP contribution in [0.3, 0.4) is 0 Å². The van der Waals surface area contributed by atoms with Crippen molar-refractivity contribution in [1.82, 2.24) is 0 Å². The number of aromatic nitrogens is 2. The van der Waals surface area contributed by atoms with Gasteiger partial charge in [0.15, 0.2) is 12.4 Å². The van der Waals surface area contributed by atoms with E-state index in [9.17, 15) is 8.78 Å². The number of benzene rings is 2. The first kappa shape index (κ1) is 19.3. The number of fused-ring (bicyclic) bond motifs is 3. The summed E-state index contributed by atoms with van der Waals surface area (Å²) in [4.78, 5) is 0. The van der Waals surface area contributed by atoms with Crippen molar-refractivity contribution < 1.29 is 17.7 Å². The van der Waals surface area contributed by atoms with Crippen molar-refractivity contribution in [3.63, 3.8) is 0 Å². The molecule has 0 fully saturated rings. The highest BCUT2D eigenvalue weighted by molar-refractivity contribution is 5.98. The molecule has 0 saturated heterocycles. The molecule has 2 nitrogen and oxygen atoms in total. The smallest absolute Gasteiger partial charge is 0.207 e. The van der Waals surface area contributed by atoms with Crippen LogP contribution in [0.15, 0.2) is 79.1 Å². The maximum atomic E-state index is 14.7. The third-order valence-corrected chi connectivity index (χ3v) is 5.89. The Morgan fingerprint density at radius 1 is 0.710 bits per heavy atom. The Morgan fingerprint density at radius 2 is 1.42 bits per heavy atom. The van der Waals surface area contributed by atoms with Gasteiger partial charge in [0.2, 0.25) is 16.9 Å². The van der Waals surface area contributed by atoms with Crippen molar-refractivity contribution >= 4 is 16.3 Å². The SMILES string of the molecule is Cc1cc(F)cc(-c2cc3cc(F)cc(C)c3c3cccc[n+]23)c1-c1cccc[n+]1C. The number of rotatable bonds is 2. The number of hydrogen-bond acceptors (Lipinski definition) is 0. The van der Waals surface area contributed by atoms with Crippen LogP contribution in [0.2, 0.25) is 0 Å². The van der Waals surface area contributed by atoms with Crippen LogP contribution >= 0.6 is 0 Å². The average Bonchev–Trinajstić information content (AvgIpc) is 2.73. The molecule has 3 heterocycles. The monoisotopic (exact) mass is 412 g/mol. The maximum absolute atomic E-state index is 14.7. The van der Waals surface area contributed by atoms with Gasteiger partial charge in [-0.05, 0) is 66.8 Å². The minimum atomic E-state index is -0.296. The topological polar surface area (TPSA) is 7.98 Å². The third-order valence-electron chi connectivity index (χ3n) is 5.89. The Bertz CT molecular complexity index is 1490. The Labute approximate surface area is 179 Å². The van der Waals surface area contributed by atoms with Crippen molar-refractivity contribution in [3.05, 3.63) is 102 Å². The number of halogens is 2. The fourth-order valence-electron chi connectivity index (χ4n) is 4.58. The molecule has 0 aliphatic rings. The lowest BCUT2D eigenvalue weighted by Crippen LogP contribution is -2.31. The summed E-state index contributed by atoms with van der Waals surface area (Å²) in [5, 5.41) is 1.79. The summed E-state index contributed by atoms with van der Waals surface area (Å²) in [5.74, 6) is -0.573. The quantitative estimate of drug-likeness (QED) is 0.262. The molecule has 0 atom stereocenters. The van der Waals surface area contributed by atoms with Crippen molar-refractivity contribution in [2.45, 2.75) is 13.8 Å². The first-order chi connectivity index (χ1) is 14.9. The molecule has 5 rings (SSSR count). The molecule has 0 radical (unpaired) electrons. The lowest BCUT2D eigenvalue weighted by Gasteiger charge is -2.12. The van der Waals surface area contributed by atoms with Gasteiger partial charge in [-0.3, -0.25) is 0 Å². The lowest BCUT2D eigenvalue weighted by atomic mass is 9.93. The molecule has 0 amide bonds. The van der Waals surface area contributed by atoms with E-state index in [1.165, 1.54) is 0 Å². The van der Waals surface area contributed by atoms with E-state index in [-0.39, 0.29) is 11.6 Å². The minimum Gasteiger partial charge on any atom is -0.207 e. The highest BCUT2D eigenvalue weighted by Gasteiger charge is 2.25. The number of pyridine rings is 3. The second kappa shape index (κ2) is 7.24. The van der Waals surface area contributed by atoms with Gasteiger partial charge in [-0.15, -0.1) is 0 Å². The van der Waals surface area contributed by atoms with Crippen molar-refractivity contribution in [2.75, 3.05) is 0 Å². The second-order valence-electron chi connectivity index (χ2n) is 8.01. The van der Waals surface area contributed by atoms with Crippen LogP contribution in [0.1, 0.15) is 11.1 Å². The molecule has 0 bridgehead atoms. The van der Waals surface area contributed by atoms with Gasteiger partial charge in [-0.1, -0.05) is 0 Å². The molecule has 0 aliphatic carbocycles. The van der Waals surface area contributed by atoms with Crippen LogP contribution in [0.25, 0.3) is 38.8 Å². The fourth-order valence-corrected chi connectivity index (χ4v) is 4.58. The number of aryl methyl sites for hydroxylation is 3. The summed E-state index contributed by atoms with van der Waals surface area (Å²) in [6, 6.07) is 20.1. The Balaban J connectivity index is 1.96. The van der Waals surface area contributed by atoms with Gasteiger partial charge >= 0.3 is 0 Å². The minimum absolute atomic E-state index is 0.277. The highest BCUT2D eigenvalue weighted by atomic mass is 19.1. The predicted octanol–water partition coefficient (Wildman–Crippen LogP) is 5.63. The van der Waals surface area contributed by atoms with E-state index in [4.69, 9.17) is 0 Å². The summed E-state index contributed by atoms with van der Waals surface area (Å²) >= 11 is 0. The van der Waals surface area contributed by atoms with Crippen LogP contribution in [-0.2, 0) is 7.05 Å². The number of nitrogens with zero attached hydrogens (tertiary/aromatic N) is 2. The predicted molar refractivity (Wildman–Crippen MR) is 119 cm³/mol. The van der Waals surface area contributed by atoms with E-state index in [0.29, 0.717) is 0 Å². The number of hydrogen-bond donors (Lipinski definition) is 0. The Hall–Kier alpha value is -3.66. The van der Waals surface area contributed by atoms with E-state index >= 15 is 0 Å². The zero-order valence-corrected chi connectivity index (χ0v) is 17.7. The van der Waals surface area contributed by atoms with E-state index in [2.05, 4.69) is 4.40 Å². The molecular weight excluding hydrogens is 390 g/mol.